The number of aliphatic carboxylic acids is 1. The van der Waals surface area contributed by atoms with E-state index in [1.807, 2.05) is 12.4 Å². The van der Waals surface area contributed by atoms with Crippen LogP contribution in [0.3, 0.4) is 0 Å². The highest BCUT2D eigenvalue weighted by Crippen LogP contribution is 2.15. The van der Waals surface area contributed by atoms with E-state index in [0.717, 1.165) is 13.0 Å². The normalized spacial score (nSPS) is 11.9. The minimum Gasteiger partial charge on any atom is -0.544 e. The number of anilines is 1. The highest BCUT2D eigenvalue weighted by atomic mass is 16.4. The van der Waals surface area contributed by atoms with Crippen LogP contribution < -0.4 is 21.1 Å². The molecule has 0 radical (unpaired) electrons. The summed E-state index contributed by atoms with van der Waals surface area (Å²) in [6.45, 7) is 1.54. The summed E-state index contributed by atoms with van der Waals surface area (Å²) in [5, 5.41) is 26.5. The van der Waals surface area contributed by atoms with Crippen LogP contribution >= 0.6 is 0 Å². The van der Waals surface area contributed by atoms with Crippen LogP contribution in [0, 0.1) is 0 Å². The second kappa shape index (κ2) is 8.93. The molecule has 0 saturated carbocycles. The third-order valence-corrected chi connectivity index (χ3v) is 2.99. The molecule has 1 atom stereocenters. The van der Waals surface area contributed by atoms with Gasteiger partial charge < -0.3 is 31.0 Å². The first-order valence-electron chi connectivity index (χ1n) is 6.94. The molecule has 1 amide bonds. The molecule has 6 N–H and O–H groups in total. The lowest BCUT2D eigenvalue weighted by Crippen LogP contribution is -2.94. The van der Waals surface area contributed by atoms with Crippen LogP contribution in [0.15, 0.2) is 24.3 Å². The molecule has 1 aromatic rings. The van der Waals surface area contributed by atoms with Crippen molar-refractivity contribution in [1.29, 1.82) is 0 Å². The molecule has 0 aliphatic heterocycles. The predicted octanol–water partition coefficient (Wildman–Crippen LogP) is -3.01. The van der Waals surface area contributed by atoms with E-state index in [-0.39, 0.29) is 12.2 Å². The molecule has 7 heteroatoms. The number of nitrogens with one attached hydrogen (secondary N) is 1. The number of phenols is 1. The van der Waals surface area contributed by atoms with Crippen molar-refractivity contribution >= 4 is 17.6 Å². The third-order valence-electron chi connectivity index (χ3n) is 2.99. The van der Waals surface area contributed by atoms with Gasteiger partial charge in [-0.2, -0.15) is 0 Å². The van der Waals surface area contributed by atoms with E-state index in [9.17, 15) is 19.8 Å². The van der Waals surface area contributed by atoms with Crippen molar-refractivity contribution in [3.63, 3.8) is 0 Å². The van der Waals surface area contributed by atoms with Gasteiger partial charge in [-0.1, -0.05) is 6.07 Å². The molecule has 0 saturated heterocycles. The van der Waals surface area contributed by atoms with Crippen LogP contribution in [0.1, 0.15) is 12.8 Å². The number of amides is 1. The molecular weight excluding hydrogens is 274 g/mol. The van der Waals surface area contributed by atoms with Crippen LogP contribution in [0.2, 0.25) is 0 Å². The van der Waals surface area contributed by atoms with Gasteiger partial charge in [-0.15, -0.1) is 0 Å². The number of hydrogen-bond acceptors (Lipinski definition) is 4. The Hall–Kier alpha value is -2.12. The molecule has 1 rings (SSSR count). The van der Waals surface area contributed by atoms with Gasteiger partial charge in [0.1, 0.15) is 11.8 Å². The van der Waals surface area contributed by atoms with Crippen molar-refractivity contribution < 1.29 is 30.4 Å². The van der Waals surface area contributed by atoms with E-state index < -0.39 is 17.9 Å². The Morgan fingerprint density at radius 1 is 1.38 bits per heavy atom. The summed E-state index contributed by atoms with van der Waals surface area (Å²) in [5.41, 5.74) is 0.428. The first-order chi connectivity index (χ1) is 10.0. The summed E-state index contributed by atoms with van der Waals surface area (Å²) in [6, 6.07) is 5.19. The quantitative estimate of drug-likeness (QED) is 0.362. The summed E-state index contributed by atoms with van der Waals surface area (Å²) in [7, 11) is 1.94. The van der Waals surface area contributed by atoms with Gasteiger partial charge in [0, 0.05) is 18.2 Å². The maximum absolute atomic E-state index is 11.8. The molecule has 0 aromatic heterocycles. The van der Waals surface area contributed by atoms with E-state index in [1.54, 1.807) is 17.4 Å². The lowest BCUT2D eigenvalue weighted by molar-refractivity contribution is -0.692. The van der Waals surface area contributed by atoms with Gasteiger partial charge in [0.2, 0.25) is 5.91 Å². The third kappa shape index (κ3) is 6.73. The van der Waals surface area contributed by atoms with Gasteiger partial charge >= 0.3 is 0 Å². The number of carbonyl (C=O) groups excluding carboxylic acids is 2. The second-order valence-corrected chi connectivity index (χ2v) is 4.80. The van der Waals surface area contributed by atoms with Crippen LogP contribution in [0.5, 0.6) is 5.75 Å². The van der Waals surface area contributed by atoms with Crippen LogP contribution in [0.25, 0.3) is 0 Å². The number of rotatable bonds is 9. The fourth-order valence-electron chi connectivity index (χ4n) is 1.90. The van der Waals surface area contributed by atoms with Gasteiger partial charge in [0.05, 0.1) is 32.5 Å². The van der Waals surface area contributed by atoms with E-state index in [2.05, 4.69) is 5.32 Å². The number of carbonyl (C=O) groups is 2. The van der Waals surface area contributed by atoms with Crippen LogP contribution in [-0.4, -0.2) is 43.2 Å². The van der Waals surface area contributed by atoms with Gasteiger partial charge in [0.15, 0.2) is 0 Å². The lowest BCUT2D eigenvalue weighted by Gasteiger charge is -2.16. The molecule has 0 aliphatic rings. The number of nitrogens with two attached hydrogens (primary N) is 2. The molecular formula is C14H22N3O4+. The van der Waals surface area contributed by atoms with E-state index in [0.29, 0.717) is 12.2 Å². The van der Waals surface area contributed by atoms with E-state index in [1.165, 1.54) is 12.1 Å². The van der Waals surface area contributed by atoms with E-state index in [4.69, 9.17) is 0 Å². The first-order valence-corrected chi connectivity index (χ1v) is 6.94. The number of carboxylic acids is 1. The van der Waals surface area contributed by atoms with Crippen molar-refractivity contribution in [2.75, 3.05) is 25.5 Å². The maximum atomic E-state index is 11.8. The number of phenolic OH excluding ortho intramolecular Hbond substituents is 1. The zero-order chi connectivity index (χ0) is 15.7. The fraction of sp³-hybridized carbons (Fsp3) is 0.429. The molecule has 116 valence electrons. The van der Waals surface area contributed by atoms with Crippen molar-refractivity contribution in [1.82, 2.24) is 0 Å². The average molecular weight is 296 g/mol. The highest BCUT2D eigenvalue weighted by Gasteiger charge is 2.18. The molecule has 7 nitrogen and oxygen atoms in total. The summed E-state index contributed by atoms with van der Waals surface area (Å²) in [6.07, 6.45) is 0.683. The average Bonchev–Trinajstić information content (AvgIpc) is 2.42. The molecule has 0 spiro atoms. The van der Waals surface area contributed by atoms with Gasteiger partial charge in [0.25, 0.3) is 0 Å². The Morgan fingerprint density at radius 3 is 2.76 bits per heavy atom. The Kier molecular flexibility index (Phi) is 7.20. The Labute approximate surface area is 123 Å². The number of carboxylic acid groups (broad SMARTS) is 1. The Bertz CT molecular complexity index is 479. The Balaban J connectivity index is 2.46. The minimum absolute atomic E-state index is 0.0339. The van der Waals surface area contributed by atoms with Gasteiger partial charge in [-0.3, -0.25) is 4.79 Å². The van der Waals surface area contributed by atoms with Crippen LogP contribution in [0.4, 0.5) is 5.69 Å². The van der Waals surface area contributed by atoms with Crippen molar-refractivity contribution in [3.8, 4) is 5.75 Å². The second-order valence-electron chi connectivity index (χ2n) is 4.80. The number of benzene rings is 1. The van der Waals surface area contributed by atoms with Crippen molar-refractivity contribution in [2.45, 2.75) is 18.9 Å². The molecule has 1 aromatic carbocycles. The standard InChI is InChI=1S/C14H21N3O4/c1-15-6-3-7-16-12(14(20)21)9-13(19)17-10-4-2-5-11(18)8-10/h2,4-5,8,12,15-16,18H,3,6-7,9H2,1H3,(H,17,19)(H,20,21)/p+1/t12-/m1/s1. The number of quaternary nitrogens is 2. The smallest absolute Gasteiger partial charge is 0.230 e. The molecule has 0 bridgehead atoms. The zero-order valence-electron chi connectivity index (χ0n) is 12.0. The molecule has 0 heterocycles. The number of hydrogen-bond donors (Lipinski definition) is 4. The Morgan fingerprint density at radius 2 is 2.14 bits per heavy atom. The lowest BCUT2D eigenvalue weighted by atomic mass is 10.2. The molecule has 0 fully saturated rings. The highest BCUT2D eigenvalue weighted by molar-refractivity contribution is 5.93. The monoisotopic (exact) mass is 296 g/mol. The predicted molar refractivity (Wildman–Crippen MR) is 74.3 cm³/mol. The topological polar surface area (TPSA) is 123 Å². The van der Waals surface area contributed by atoms with E-state index >= 15 is 0 Å². The zero-order valence-corrected chi connectivity index (χ0v) is 12.0. The fourth-order valence-corrected chi connectivity index (χ4v) is 1.90. The van der Waals surface area contributed by atoms with Gasteiger partial charge in [-0.25, -0.2) is 0 Å². The number of aromatic hydroxyl groups is 1. The summed E-state index contributed by atoms with van der Waals surface area (Å²) in [5.74, 6) is -1.64. The summed E-state index contributed by atoms with van der Waals surface area (Å²) in [4.78, 5) is 22.9. The SMILES string of the molecule is C[NH2+]CCC[NH2+][C@H](CC(=O)Nc1cccc(O)c1)C(=O)[O-]. The molecule has 21 heavy (non-hydrogen) atoms. The summed E-state index contributed by atoms with van der Waals surface area (Å²) < 4.78 is 0. The van der Waals surface area contributed by atoms with Gasteiger partial charge in [-0.05, 0) is 12.1 Å². The largest absolute Gasteiger partial charge is 0.544 e. The summed E-state index contributed by atoms with van der Waals surface area (Å²) >= 11 is 0. The molecule has 0 aliphatic carbocycles. The van der Waals surface area contributed by atoms with Crippen molar-refractivity contribution in [3.05, 3.63) is 24.3 Å². The van der Waals surface area contributed by atoms with Crippen LogP contribution in [-0.2, 0) is 9.59 Å². The first kappa shape index (κ1) is 16.9. The minimum atomic E-state index is -1.25. The molecule has 0 unspecified atom stereocenters. The van der Waals surface area contributed by atoms with Crippen molar-refractivity contribution in [2.24, 2.45) is 0 Å². The maximum Gasteiger partial charge on any atom is 0.230 e.